The summed E-state index contributed by atoms with van der Waals surface area (Å²) in [5, 5.41) is 0. The highest BCUT2D eigenvalue weighted by atomic mass is 32.2. The summed E-state index contributed by atoms with van der Waals surface area (Å²) in [4.78, 5) is 2.49. The lowest BCUT2D eigenvalue weighted by atomic mass is 9.97. The van der Waals surface area contributed by atoms with Gasteiger partial charge in [-0.1, -0.05) is 109 Å². The fourth-order valence-corrected chi connectivity index (χ4v) is 5.70. The highest BCUT2D eigenvalue weighted by Gasteiger charge is 2.22. The summed E-state index contributed by atoms with van der Waals surface area (Å²) >= 11 is 1.82. The monoisotopic (exact) mass is 507 g/mol. The van der Waals surface area contributed by atoms with Gasteiger partial charge < -0.3 is 0 Å². The fourth-order valence-electron chi connectivity index (χ4n) is 4.58. The van der Waals surface area contributed by atoms with Crippen molar-refractivity contribution < 1.29 is 4.42 Å². The van der Waals surface area contributed by atoms with E-state index < -0.39 is 0 Å². The molecular formula is C36H27OS+. The number of benzene rings is 4. The van der Waals surface area contributed by atoms with Crippen molar-refractivity contribution in [1.82, 2.24) is 0 Å². The highest BCUT2D eigenvalue weighted by Crippen LogP contribution is 2.45. The van der Waals surface area contributed by atoms with E-state index in [-0.39, 0.29) is 0 Å². The quantitative estimate of drug-likeness (QED) is 0.219. The van der Waals surface area contributed by atoms with Gasteiger partial charge in [0, 0.05) is 9.81 Å². The van der Waals surface area contributed by atoms with E-state index in [4.69, 9.17) is 4.42 Å². The van der Waals surface area contributed by atoms with E-state index >= 15 is 0 Å². The van der Waals surface area contributed by atoms with Crippen LogP contribution in [0.15, 0.2) is 156 Å². The average molecular weight is 508 g/mol. The molecule has 1 aliphatic heterocycles. The van der Waals surface area contributed by atoms with Crippen LogP contribution in [0.4, 0.5) is 0 Å². The van der Waals surface area contributed by atoms with Crippen LogP contribution in [0, 0.1) is 0 Å². The fraction of sp³-hybridized carbons (Fsp3) is 0.0278. The predicted molar refractivity (Wildman–Crippen MR) is 163 cm³/mol. The second-order valence-corrected chi connectivity index (χ2v) is 10.3. The minimum absolute atomic E-state index is 0.853. The van der Waals surface area contributed by atoms with Crippen LogP contribution in [0.1, 0.15) is 23.6 Å². The first-order chi connectivity index (χ1) is 18.7. The van der Waals surface area contributed by atoms with Crippen molar-refractivity contribution >= 4 is 27.1 Å². The van der Waals surface area contributed by atoms with Crippen LogP contribution in [0.3, 0.4) is 0 Å². The number of hydrogen-bond donors (Lipinski definition) is 0. The molecule has 2 heterocycles. The van der Waals surface area contributed by atoms with Crippen LogP contribution < -0.4 is 0 Å². The molecule has 0 atom stereocenters. The lowest BCUT2D eigenvalue weighted by molar-refractivity contribution is 0.581. The zero-order chi connectivity index (χ0) is 25.7. The molecule has 0 saturated carbocycles. The molecule has 0 amide bonds. The first-order valence-electron chi connectivity index (χ1n) is 12.8. The molecule has 0 unspecified atom stereocenters. The van der Waals surface area contributed by atoms with E-state index in [0.29, 0.717) is 0 Å². The molecule has 38 heavy (non-hydrogen) atoms. The zero-order valence-electron chi connectivity index (χ0n) is 21.2. The van der Waals surface area contributed by atoms with Crippen LogP contribution in [0.5, 0.6) is 0 Å². The highest BCUT2D eigenvalue weighted by molar-refractivity contribution is 8.16. The van der Waals surface area contributed by atoms with Gasteiger partial charge in [-0.25, -0.2) is 4.42 Å². The topological polar surface area (TPSA) is 11.3 Å². The summed E-state index contributed by atoms with van der Waals surface area (Å²) in [6.45, 7) is 2.21. The van der Waals surface area contributed by atoms with Crippen LogP contribution >= 0.6 is 11.8 Å². The van der Waals surface area contributed by atoms with E-state index in [1.54, 1.807) is 0 Å². The van der Waals surface area contributed by atoms with E-state index in [1.165, 1.54) is 32.1 Å². The molecule has 2 heteroatoms. The van der Waals surface area contributed by atoms with Gasteiger partial charge in [-0.3, -0.25) is 0 Å². The summed E-state index contributed by atoms with van der Waals surface area (Å²) in [5.74, 6) is 1.71. The number of thioether (sulfide) groups is 1. The lowest BCUT2D eigenvalue weighted by Crippen LogP contribution is -1.95. The Morgan fingerprint density at radius 1 is 0.500 bits per heavy atom. The molecule has 1 aliphatic rings. The van der Waals surface area contributed by atoms with Crippen molar-refractivity contribution in [3.63, 3.8) is 0 Å². The molecule has 6 rings (SSSR count). The minimum Gasteiger partial charge on any atom is -0.207 e. The molecule has 0 bridgehead atoms. The molecule has 1 aromatic heterocycles. The molecule has 5 aromatic rings. The van der Waals surface area contributed by atoms with Crippen molar-refractivity contribution in [2.24, 2.45) is 0 Å². The van der Waals surface area contributed by atoms with Gasteiger partial charge in [-0.2, -0.15) is 0 Å². The van der Waals surface area contributed by atoms with Crippen molar-refractivity contribution in [2.45, 2.75) is 6.92 Å². The molecule has 0 spiro atoms. The third kappa shape index (κ3) is 5.18. The first kappa shape index (κ1) is 24.0. The number of rotatable bonds is 5. The third-order valence-electron chi connectivity index (χ3n) is 6.69. The Bertz CT molecular complexity index is 1530. The second kappa shape index (κ2) is 10.9. The normalized spacial score (nSPS) is 13.0. The maximum atomic E-state index is 6.45. The van der Waals surface area contributed by atoms with Gasteiger partial charge in [-0.15, -0.1) is 0 Å². The largest absolute Gasteiger partial charge is 0.361 e. The van der Waals surface area contributed by atoms with Crippen LogP contribution in [-0.2, 0) is 0 Å². The second-order valence-electron chi connectivity index (χ2n) is 9.24. The van der Waals surface area contributed by atoms with Gasteiger partial charge in [0.15, 0.2) is 0 Å². The number of hydrogen-bond acceptors (Lipinski definition) is 1. The Labute approximate surface area is 228 Å². The molecule has 182 valence electrons. The Morgan fingerprint density at radius 3 is 1.26 bits per heavy atom. The summed E-state index contributed by atoms with van der Waals surface area (Å²) in [6.07, 6.45) is 4.63. The molecule has 4 aromatic carbocycles. The number of allylic oxidation sites excluding steroid dienone is 4. The summed E-state index contributed by atoms with van der Waals surface area (Å²) in [6, 6.07) is 46.2. The summed E-state index contributed by atoms with van der Waals surface area (Å²) < 4.78 is 6.45. The molecule has 0 fully saturated rings. The van der Waals surface area contributed by atoms with Crippen molar-refractivity contribution in [1.29, 1.82) is 0 Å². The molecule has 0 N–H and O–H groups in total. The van der Waals surface area contributed by atoms with Gasteiger partial charge in [0.25, 0.3) is 0 Å². The molecule has 0 saturated heterocycles. The van der Waals surface area contributed by atoms with Crippen molar-refractivity contribution in [3.05, 3.63) is 168 Å². The molecule has 0 aliphatic carbocycles. The summed E-state index contributed by atoms with van der Waals surface area (Å²) in [5.41, 5.74) is 8.12. The van der Waals surface area contributed by atoms with Crippen molar-refractivity contribution in [2.75, 3.05) is 0 Å². The van der Waals surface area contributed by atoms with E-state index in [0.717, 1.165) is 28.2 Å². The van der Waals surface area contributed by atoms with Gasteiger partial charge in [0.05, 0.1) is 23.3 Å². The third-order valence-corrected chi connectivity index (χ3v) is 7.83. The zero-order valence-corrected chi connectivity index (χ0v) is 22.0. The molecular weight excluding hydrogens is 480 g/mol. The maximum absolute atomic E-state index is 6.45. The van der Waals surface area contributed by atoms with E-state index in [2.05, 4.69) is 116 Å². The standard InChI is InChI=1S/C36H27OS/c1-26(31-22-33(27-14-6-2-7-15-27)37-34(23-31)28-16-8-3-9-17-28)32-24-35(29-18-10-4-11-19-29)38-36(25-32)30-20-12-5-13-21-30/h2-25H,1H3/q+1. The van der Waals surface area contributed by atoms with Crippen molar-refractivity contribution in [3.8, 4) is 22.6 Å². The lowest BCUT2D eigenvalue weighted by Gasteiger charge is -2.19. The Kier molecular flexibility index (Phi) is 6.89. The van der Waals surface area contributed by atoms with E-state index in [1.807, 2.05) is 48.2 Å². The van der Waals surface area contributed by atoms with Crippen LogP contribution in [0.25, 0.3) is 38.0 Å². The SMILES string of the molecule is CC(=C1C=C(c2ccccc2)SC(c2ccccc2)=C1)c1cc(-c2ccccc2)[o+]c(-c2ccccc2)c1. The average Bonchev–Trinajstić information content (AvgIpc) is 3.02. The Hall–Kier alpha value is -4.40. The van der Waals surface area contributed by atoms with Gasteiger partial charge >= 0.3 is 11.5 Å². The van der Waals surface area contributed by atoms with E-state index in [9.17, 15) is 0 Å². The summed E-state index contributed by atoms with van der Waals surface area (Å²) in [7, 11) is 0. The first-order valence-corrected chi connectivity index (χ1v) is 13.6. The Morgan fingerprint density at radius 2 is 0.868 bits per heavy atom. The van der Waals surface area contributed by atoms with Gasteiger partial charge in [0.2, 0.25) is 0 Å². The molecule has 1 nitrogen and oxygen atoms in total. The minimum atomic E-state index is 0.853. The van der Waals surface area contributed by atoms with Gasteiger partial charge in [0.1, 0.15) is 0 Å². The van der Waals surface area contributed by atoms with Gasteiger partial charge in [-0.05, 0) is 71.2 Å². The van der Waals surface area contributed by atoms with Crippen LogP contribution in [0.2, 0.25) is 0 Å². The molecule has 0 radical (unpaired) electrons. The smallest absolute Gasteiger partial charge is 0.207 e. The van der Waals surface area contributed by atoms with Crippen LogP contribution in [-0.4, -0.2) is 0 Å². The Balaban J connectivity index is 1.54. The predicted octanol–water partition coefficient (Wildman–Crippen LogP) is 10.5. The maximum Gasteiger partial charge on any atom is 0.361 e.